The zero-order valence-corrected chi connectivity index (χ0v) is 34.5. The van der Waals surface area contributed by atoms with E-state index >= 15 is 0 Å². The summed E-state index contributed by atoms with van der Waals surface area (Å²) in [4.78, 5) is 2.51. The zero-order valence-electron chi connectivity index (χ0n) is 34.5. The molecular weight excluding hydrogens is 761 g/mol. The summed E-state index contributed by atoms with van der Waals surface area (Å²) >= 11 is 0. The van der Waals surface area contributed by atoms with Crippen molar-refractivity contribution in [2.75, 3.05) is 4.90 Å². The summed E-state index contributed by atoms with van der Waals surface area (Å²) in [7, 11) is 0. The molecule has 2 heterocycles. The second kappa shape index (κ2) is 13.9. The molecule has 0 saturated carbocycles. The third-order valence-corrected chi connectivity index (χ3v) is 13.6. The number of nitrogens with zero attached hydrogens (tertiary/aromatic N) is 2. The third-order valence-electron chi connectivity index (χ3n) is 13.6. The monoisotopic (exact) mass is 800 g/mol. The molecule has 1 aromatic heterocycles. The topological polar surface area (TPSA) is 8.17 Å². The van der Waals surface area contributed by atoms with Crippen molar-refractivity contribution in [3.8, 4) is 50.2 Å². The molecule has 1 aliphatic heterocycles. The Morgan fingerprint density at radius 3 is 1.65 bits per heavy atom. The predicted octanol–water partition coefficient (Wildman–Crippen LogP) is 15.9. The van der Waals surface area contributed by atoms with Crippen molar-refractivity contribution in [3.63, 3.8) is 0 Å². The van der Waals surface area contributed by atoms with Crippen molar-refractivity contribution in [3.05, 3.63) is 265 Å². The van der Waals surface area contributed by atoms with E-state index in [1.54, 1.807) is 0 Å². The highest BCUT2D eigenvalue weighted by Crippen LogP contribution is 2.62. The largest absolute Gasteiger partial charge is 0.309 e. The fraction of sp³-hybridized carbons (Fsp3) is 0.0164. The number of aromatic nitrogens is 1. The van der Waals surface area contributed by atoms with Crippen LogP contribution in [-0.4, -0.2) is 4.57 Å². The van der Waals surface area contributed by atoms with Gasteiger partial charge in [0.15, 0.2) is 0 Å². The van der Waals surface area contributed by atoms with Crippen molar-refractivity contribution in [1.82, 2.24) is 4.57 Å². The maximum Gasteiger partial charge on any atom is 0.0755 e. The highest BCUT2D eigenvalue weighted by molar-refractivity contribution is 6.13. The van der Waals surface area contributed by atoms with E-state index in [0.717, 1.165) is 22.6 Å². The van der Waals surface area contributed by atoms with E-state index in [1.807, 2.05) is 0 Å². The van der Waals surface area contributed by atoms with Gasteiger partial charge in [0, 0.05) is 27.6 Å². The van der Waals surface area contributed by atoms with E-state index in [2.05, 4.69) is 252 Å². The summed E-state index contributed by atoms with van der Waals surface area (Å²) < 4.78 is 2.52. The number of para-hydroxylation sites is 5. The fourth-order valence-corrected chi connectivity index (χ4v) is 11.0. The first-order chi connectivity index (χ1) is 31.3. The molecule has 294 valence electrons. The highest BCUT2D eigenvalue weighted by atomic mass is 15.1. The number of rotatable bonds is 6. The van der Waals surface area contributed by atoms with Gasteiger partial charge in [0.2, 0.25) is 0 Å². The first-order valence-electron chi connectivity index (χ1n) is 21.9. The Balaban J connectivity index is 1.11. The number of anilines is 3. The summed E-state index contributed by atoms with van der Waals surface area (Å²) in [6.07, 6.45) is 0. The quantitative estimate of drug-likeness (QED) is 0.163. The standard InChI is InChI=1S/C61H40N2/c1-3-19-41(20-4-1)43-23-17-24-44(39-43)47-26-9-14-34-57(47)62(56-33-13-8-25-46(56)42-21-5-2-6-22-42)45-37-38-49-48-27-7-11-30-52(48)61(55(49)40-45)53-31-12-16-36-59(53)63-58-35-15-10-28-50(58)51-29-18-32-54(61)60(51)63/h1-40H. The van der Waals surface area contributed by atoms with Gasteiger partial charge in [0.25, 0.3) is 0 Å². The lowest BCUT2D eigenvalue weighted by Gasteiger charge is -2.40. The molecule has 0 bridgehead atoms. The normalized spacial score (nSPS) is 14.4. The van der Waals surface area contributed by atoms with Crippen LogP contribution in [0.5, 0.6) is 0 Å². The molecule has 0 fully saturated rings. The number of fused-ring (bicyclic) bond motifs is 12. The predicted molar refractivity (Wildman–Crippen MR) is 263 cm³/mol. The lowest BCUT2D eigenvalue weighted by molar-refractivity contribution is 0.748. The van der Waals surface area contributed by atoms with Crippen LogP contribution in [0.1, 0.15) is 22.3 Å². The zero-order chi connectivity index (χ0) is 41.5. The van der Waals surface area contributed by atoms with Crippen molar-refractivity contribution < 1.29 is 0 Å². The van der Waals surface area contributed by atoms with Gasteiger partial charge in [0.05, 0.1) is 33.5 Å². The summed E-state index contributed by atoms with van der Waals surface area (Å²) in [6, 6.07) is 89.7. The van der Waals surface area contributed by atoms with Crippen LogP contribution in [0.2, 0.25) is 0 Å². The van der Waals surface area contributed by atoms with Gasteiger partial charge in [-0.05, 0) is 98.1 Å². The van der Waals surface area contributed by atoms with E-state index < -0.39 is 5.41 Å². The lowest BCUT2D eigenvalue weighted by atomic mass is 9.65. The Bertz CT molecular complexity index is 3580. The number of hydrogen-bond acceptors (Lipinski definition) is 1. The molecule has 0 amide bonds. The molecule has 2 nitrogen and oxygen atoms in total. The highest BCUT2D eigenvalue weighted by Gasteiger charge is 2.51. The molecule has 1 spiro atoms. The van der Waals surface area contributed by atoms with E-state index in [9.17, 15) is 0 Å². The molecule has 2 aliphatic rings. The van der Waals surface area contributed by atoms with E-state index in [1.165, 1.54) is 88.7 Å². The van der Waals surface area contributed by atoms with E-state index in [0.29, 0.717) is 0 Å². The Kier molecular flexibility index (Phi) is 7.85. The molecule has 11 aromatic rings. The molecule has 10 aromatic carbocycles. The molecular formula is C61H40N2. The van der Waals surface area contributed by atoms with E-state index in [-0.39, 0.29) is 0 Å². The molecule has 0 N–H and O–H groups in total. The SMILES string of the molecule is c1ccc(-c2cccc(-c3ccccc3N(c3ccc4c(c3)C3(c5ccccc5-4)c4ccccc4-n4c5ccccc5c5cccc3c54)c3ccccc3-c3ccccc3)c2)cc1. The molecule has 63 heavy (non-hydrogen) atoms. The Morgan fingerprint density at radius 2 is 0.857 bits per heavy atom. The van der Waals surface area contributed by atoms with Crippen LogP contribution < -0.4 is 4.90 Å². The van der Waals surface area contributed by atoms with Gasteiger partial charge in [-0.15, -0.1) is 0 Å². The van der Waals surface area contributed by atoms with Crippen molar-refractivity contribution in [2.24, 2.45) is 0 Å². The second-order valence-electron chi connectivity index (χ2n) is 16.8. The minimum atomic E-state index is -0.573. The van der Waals surface area contributed by atoms with Gasteiger partial charge in [-0.1, -0.05) is 200 Å². The van der Waals surface area contributed by atoms with Gasteiger partial charge in [-0.25, -0.2) is 0 Å². The van der Waals surface area contributed by atoms with Crippen molar-refractivity contribution >= 4 is 38.9 Å². The first kappa shape index (κ1) is 35.5. The molecule has 1 unspecified atom stereocenters. The fourth-order valence-electron chi connectivity index (χ4n) is 11.0. The average molecular weight is 801 g/mol. The number of hydrogen-bond donors (Lipinski definition) is 0. The van der Waals surface area contributed by atoms with Gasteiger partial charge in [-0.2, -0.15) is 0 Å². The maximum atomic E-state index is 2.52. The first-order valence-corrected chi connectivity index (χ1v) is 21.9. The molecule has 1 aliphatic carbocycles. The van der Waals surface area contributed by atoms with Crippen LogP contribution >= 0.6 is 0 Å². The van der Waals surface area contributed by atoms with Crippen LogP contribution in [0.25, 0.3) is 72.0 Å². The maximum absolute atomic E-state index is 2.52. The Morgan fingerprint density at radius 1 is 0.317 bits per heavy atom. The van der Waals surface area contributed by atoms with Crippen LogP contribution in [0.15, 0.2) is 243 Å². The van der Waals surface area contributed by atoms with Gasteiger partial charge in [0.1, 0.15) is 0 Å². The van der Waals surface area contributed by atoms with Gasteiger partial charge < -0.3 is 9.47 Å². The Hall–Kier alpha value is -8.20. The van der Waals surface area contributed by atoms with Crippen LogP contribution in [0, 0.1) is 0 Å². The molecule has 13 rings (SSSR count). The smallest absolute Gasteiger partial charge is 0.0755 e. The van der Waals surface area contributed by atoms with Crippen LogP contribution in [-0.2, 0) is 5.41 Å². The second-order valence-corrected chi connectivity index (χ2v) is 16.8. The molecule has 0 saturated heterocycles. The number of benzene rings is 10. The van der Waals surface area contributed by atoms with Crippen molar-refractivity contribution in [1.29, 1.82) is 0 Å². The third kappa shape index (κ3) is 5.13. The Labute approximate surface area is 367 Å². The van der Waals surface area contributed by atoms with Gasteiger partial charge >= 0.3 is 0 Å². The summed E-state index contributed by atoms with van der Waals surface area (Å²) in [5.41, 5.74) is 21.3. The molecule has 1 atom stereocenters. The summed E-state index contributed by atoms with van der Waals surface area (Å²) in [5.74, 6) is 0. The minimum Gasteiger partial charge on any atom is -0.309 e. The van der Waals surface area contributed by atoms with Crippen LogP contribution in [0.4, 0.5) is 17.1 Å². The summed E-state index contributed by atoms with van der Waals surface area (Å²) in [5, 5.41) is 2.56. The summed E-state index contributed by atoms with van der Waals surface area (Å²) in [6.45, 7) is 0. The molecule has 2 heteroatoms. The minimum absolute atomic E-state index is 0.573. The average Bonchev–Trinajstić information content (AvgIpc) is 3.85. The van der Waals surface area contributed by atoms with Gasteiger partial charge in [-0.3, -0.25) is 0 Å². The van der Waals surface area contributed by atoms with Crippen molar-refractivity contribution in [2.45, 2.75) is 5.41 Å². The molecule has 0 radical (unpaired) electrons. The van der Waals surface area contributed by atoms with E-state index in [4.69, 9.17) is 0 Å². The van der Waals surface area contributed by atoms with Crippen LogP contribution in [0.3, 0.4) is 0 Å². The lowest BCUT2D eigenvalue weighted by Crippen LogP contribution is -2.33.